The summed E-state index contributed by atoms with van der Waals surface area (Å²) in [6.45, 7) is 4.07. The quantitative estimate of drug-likeness (QED) is 0.250. The number of hydrogen-bond donors (Lipinski definition) is 6. The van der Waals surface area contributed by atoms with E-state index in [1.165, 1.54) is 0 Å². The van der Waals surface area contributed by atoms with Crippen molar-refractivity contribution >= 4 is 25.5 Å². The first-order valence-corrected chi connectivity index (χ1v) is 12.4. The van der Waals surface area contributed by atoms with Gasteiger partial charge in [0.05, 0.1) is 6.04 Å². The van der Waals surface area contributed by atoms with Crippen molar-refractivity contribution in [1.82, 2.24) is 16.0 Å². The lowest BCUT2D eigenvalue weighted by atomic mass is 9.97. The van der Waals surface area contributed by atoms with Crippen molar-refractivity contribution in [3.63, 3.8) is 0 Å². The van der Waals surface area contributed by atoms with E-state index in [0.717, 1.165) is 5.56 Å². The highest BCUT2D eigenvalue weighted by molar-refractivity contribution is 7.52. The van der Waals surface area contributed by atoms with Crippen molar-refractivity contribution < 1.29 is 38.6 Å². The van der Waals surface area contributed by atoms with E-state index < -0.39 is 43.4 Å². The van der Waals surface area contributed by atoms with Crippen LogP contribution in [0.3, 0.4) is 0 Å². The maximum atomic E-state index is 12.9. The SMILES string of the molecule is CC(C)C[C@H](NC(=O)OCc1ccccc1)C(=O)N[C@@H](CC1CCNC1=O)C(O)P(=O)(O)O. The predicted molar refractivity (Wildman–Crippen MR) is 119 cm³/mol. The molecule has 1 aromatic rings. The summed E-state index contributed by atoms with van der Waals surface area (Å²) in [4.78, 5) is 56.0. The normalized spacial score (nSPS) is 18.8. The van der Waals surface area contributed by atoms with E-state index in [0.29, 0.717) is 13.0 Å². The first-order valence-electron chi connectivity index (χ1n) is 10.8. The number of ether oxygens (including phenoxy) is 1. The molecule has 0 spiro atoms. The van der Waals surface area contributed by atoms with E-state index in [9.17, 15) is 33.8 Å². The second-order valence-electron chi connectivity index (χ2n) is 8.52. The molecule has 1 aromatic carbocycles. The Kier molecular flexibility index (Phi) is 9.85. The summed E-state index contributed by atoms with van der Waals surface area (Å²) in [5.74, 6) is -3.87. The van der Waals surface area contributed by atoms with E-state index >= 15 is 0 Å². The fraction of sp³-hybridized carbons (Fsp3) is 0.571. The number of nitrogens with one attached hydrogen (secondary N) is 3. The molecule has 0 aliphatic carbocycles. The smallest absolute Gasteiger partial charge is 0.408 e. The van der Waals surface area contributed by atoms with Crippen molar-refractivity contribution in [3.05, 3.63) is 35.9 Å². The third-order valence-corrected chi connectivity index (χ3v) is 6.31. The van der Waals surface area contributed by atoms with Crippen LogP contribution < -0.4 is 16.0 Å². The van der Waals surface area contributed by atoms with Crippen LogP contribution >= 0.6 is 7.60 Å². The molecule has 12 heteroatoms. The number of alkyl carbamates (subject to hydrolysis) is 1. The Bertz CT molecular complexity index is 860. The lowest BCUT2D eigenvalue weighted by Gasteiger charge is -2.28. The third-order valence-electron chi connectivity index (χ3n) is 5.26. The molecule has 0 aromatic heterocycles. The van der Waals surface area contributed by atoms with Gasteiger partial charge >= 0.3 is 13.7 Å². The van der Waals surface area contributed by atoms with Crippen molar-refractivity contribution in [3.8, 4) is 0 Å². The standard InChI is InChI=1S/C21H32N3O8P/c1-13(2)10-16(24-21(28)32-12-14-6-4-3-5-7-14)19(26)23-17(20(27)33(29,30)31)11-15-8-9-22-18(15)25/h3-7,13,15-17,20,27H,8-12H2,1-2H3,(H,22,25)(H,23,26)(H,24,28)(H2,29,30,31)/t15?,16-,17-,20?/m0/s1. The zero-order valence-corrected chi connectivity index (χ0v) is 19.5. The van der Waals surface area contributed by atoms with Crippen LogP contribution in [0.2, 0.25) is 0 Å². The average Bonchev–Trinajstić information content (AvgIpc) is 3.14. The van der Waals surface area contributed by atoms with Crippen LogP contribution in [-0.4, -0.2) is 57.3 Å². The van der Waals surface area contributed by atoms with E-state index in [1.54, 1.807) is 24.3 Å². The minimum absolute atomic E-state index is 0.000964. The van der Waals surface area contributed by atoms with Gasteiger partial charge in [0, 0.05) is 12.5 Å². The Hall–Kier alpha value is -2.46. The van der Waals surface area contributed by atoms with Gasteiger partial charge in [-0.25, -0.2) is 4.79 Å². The molecule has 184 valence electrons. The Morgan fingerprint density at radius 3 is 2.42 bits per heavy atom. The first kappa shape index (κ1) is 26.8. The number of carbonyl (C=O) groups excluding carboxylic acids is 3. The fourth-order valence-corrected chi connectivity index (χ4v) is 4.22. The van der Waals surface area contributed by atoms with Crippen LogP contribution in [0.25, 0.3) is 0 Å². The Morgan fingerprint density at radius 1 is 1.21 bits per heavy atom. The Morgan fingerprint density at radius 2 is 1.88 bits per heavy atom. The van der Waals surface area contributed by atoms with E-state index in [4.69, 9.17) is 4.74 Å². The van der Waals surface area contributed by atoms with Crippen LogP contribution in [0, 0.1) is 11.8 Å². The molecule has 1 aliphatic rings. The summed E-state index contributed by atoms with van der Waals surface area (Å²) >= 11 is 0. The Balaban J connectivity index is 2.07. The van der Waals surface area contributed by atoms with Crippen molar-refractivity contribution in [2.45, 2.75) is 57.6 Å². The maximum absolute atomic E-state index is 12.9. The summed E-state index contributed by atoms with van der Waals surface area (Å²) in [6.07, 6.45) is -0.355. The minimum atomic E-state index is -4.98. The molecule has 11 nitrogen and oxygen atoms in total. The van der Waals surface area contributed by atoms with E-state index in [-0.39, 0.29) is 31.3 Å². The highest BCUT2D eigenvalue weighted by Gasteiger charge is 2.40. The number of aliphatic hydroxyl groups excluding tert-OH is 1. The monoisotopic (exact) mass is 485 g/mol. The van der Waals surface area contributed by atoms with Crippen molar-refractivity contribution in [2.24, 2.45) is 11.8 Å². The van der Waals surface area contributed by atoms with E-state index in [1.807, 2.05) is 19.9 Å². The summed E-state index contributed by atoms with van der Waals surface area (Å²) in [7, 11) is -4.98. The molecule has 1 fully saturated rings. The van der Waals surface area contributed by atoms with Crippen molar-refractivity contribution in [2.75, 3.05) is 6.54 Å². The topological polar surface area (TPSA) is 174 Å². The number of carbonyl (C=O) groups is 3. The van der Waals surface area contributed by atoms with Crippen LogP contribution in [0.1, 0.15) is 38.7 Å². The predicted octanol–water partition coefficient (Wildman–Crippen LogP) is 0.835. The maximum Gasteiger partial charge on any atom is 0.408 e. The number of hydrogen-bond acceptors (Lipinski definition) is 6. The van der Waals surface area contributed by atoms with E-state index in [2.05, 4.69) is 16.0 Å². The molecule has 33 heavy (non-hydrogen) atoms. The molecule has 1 heterocycles. The summed E-state index contributed by atoms with van der Waals surface area (Å²) < 4.78 is 16.8. The molecule has 0 bridgehead atoms. The fourth-order valence-electron chi connectivity index (χ4n) is 3.56. The molecule has 2 rings (SSSR count). The average molecular weight is 485 g/mol. The molecular weight excluding hydrogens is 453 g/mol. The van der Waals surface area contributed by atoms with Gasteiger partial charge in [-0.3, -0.25) is 14.2 Å². The molecule has 2 unspecified atom stereocenters. The number of benzene rings is 1. The molecule has 4 atom stereocenters. The molecular formula is C21H32N3O8P. The van der Waals surface area contributed by atoms with Crippen LogP contribution in [0.5, 0.6) is 0 Å². The van der Waals surface area contributed by atoms with Crippen LogP contribution in [0.15, 0.2) is 30.3 Å². The first-order chi connectivity index (χ1) is 15.5. The lowest BCUT2D eigenvalue weighted by Crippen LogP contribution is -2.53. The van der Waals surface area contributed by atoms with Crippen LogP contribution in [-0.2, 0) is 25.5 Å². The van der Waals surface area contributed by atoms with Gasteiger partial charge in [-0.2, -0.15) is 0 Å². The largest absolute Gasteiger partial charge is 0.445 e. The van der Waals surface area contributed by atoms with Gasteiger partial charge in [0.15, 0.2) is 5.85 Å². The number of amides is 3. The summed E-state index contributed by atoms with van der Waals surface area (Å²) in [6, 6.07) is 6.51. The second-order valence-corrected chi connectivity index (χ2v) is 10.2. The molecule has 1 saturated heterocycles. The van der Waals surface area contributed by atoms with Gasteiger partial charge in [0.1, 0.15) is 12.6 Å². The van der Waals surface area contributed by atoms with Gasteiger partial charge in [0.25, 0.3) is 0 Å². The number of rotatable bonds is 11. The molecule has 6 N–H and O–H groups in total. The molecule has 1 aliphatic heterocycles. The highest BCUT2D eigenvalue weighted by Crippen LogP contribution is 2.42. The number of aliphatic hydroxyl groups is 1. The van der Waals surface area contributed by atoms with Crippen molar-refractivity contribution in [1.29, 1.82) is 0 Å². The van der Waals surface area contributed by atoms with Gasteiger partial charge in [0.2, 0.25) is 11.8 Å². The molecule has 3 amide bonds. The van der Waals surface area contributed by atoms with Crippen LogP contribution in [0.4, 0.5) is 4.79 Å². The Labute approximate surface area is 192 Å². The zero-order valence-electron chi connectivity index (χ0n) is 18.6. The minimum Gasteiger partial charge on any atom is -0.445 e. The summed E-state index contributed by atoms with van der Waals surface area (Å²) in [5, 5.41) is 17.7. The second kappa shape index (κ2) is 12.1. The summed E-state index contributed by atoms with van der Waals surface area (Å²) in [5.41, 5.74) is 0.761. The van der Waals surface area contributed by atoms with Gasteiger partial charge < -0.3 is 35.6 Å². The third kappa shape index (κ3) is 8.77. The zero-order chi connectivity index (χ0) is 24.6. The molecule has 0 saturated carbocycles. The van der Waals surface area contributed by atoms with Gasteiger partial charge in [-0.05, 0) is 30.7 Å². The van der Waals surface area contributed by atoms with Gasteiger partial charge in [-0.1, -0.05) is 44.2 Å². The lowest BCUT2D eigenvalue weighted by molar-refractivity contribution is -0.126. The van der Waals surface area contributed by atoms with Gasteiger partial charge in [-0.15, -0.1) is 0 Å². The molecule has 0 radical (unpaired) electrons. The highest BCUT2D eigenvalue weighted by atomic mass is 31.2.